The second kappa shape index (κ2) is 13.1. The minimum absolute atomic E-state index is 0.0118. The van der Waals surface area contributed by atoms with E-state index < -0.39 is 11.7 Å². The van der Waals surface area contributed by atoms with E-state index in [-0.39, 0.29) is 17.1 Å². The van der Waals surface area contributed by atoms with Crippen molar-refractivity contribution < 1.29 is 23.4 Å². The number of carbonyl (C=O) groups is 1. The molecule has 226 valence electrons. The van der Waals surface area contributed by atoms with Gasteiger partial charge < -0.3 is 24.4 Å². The number of likely N-dealkylation sites (tertiary alicyclic amines) is 1. The van der Waals surface area contributed by atoms with Gasteiger partial charge in [0.05, 0.1) is 31.1 Å². The maximum Gasteiger partial charge on any atom is 0.277 e. The number of rotatable bonds is 11. The third-order valence-corrected chi connectivity index (χ3v) is 7.56. The first-order chi connectivity index (χ1) is 21.5. The van der Waals surface area contributed by atoms with E-state index in [4.69, 9.17) is 14.2 Å². The number of hydrogen-bond acceptors (Lipinski definition) is 8. The average Bonchev–Trinajstić information content (AvgIpc) is 3.74. The summed E-state index contributed by atoms with van der Waals surface area (Å²) in [5.41, 5.74) is 2.77. The molecule has 5 aromatic rings. The normalized spacial score (nSPS) is 13.2. The summed E-state index contributed by atoms with van der Waals surface area (Å²) >= 11 is 0. The van der Waals surface area contributed by atoms with E-state index >= 15 is 4.39 Å². The van der Waals surface area contributed by atoms with Crippen molar-refractivity contribution >= 4 is 22.5 Å². The number of carbonyl (C=O) groups excluding carboxylic acids is 1. The molecule has 0 unspecified atom stereocenters. The van der Waals surface area contributed by atoms with Crippen LogP contribution in [0.15, 0.2) is 73.1 Å². The van der Waals surface area contributed by atoms with E-state index in [0.717, 1.165) is 37.3 Å². The van der Waals surface area contributed by atoms with Gasteiger partial charge >= 0.3 is 0 Å². The first kappa shape index (κ1) is 29.1. The number of halogens is 1. The number of nitrogens with one attached hydrogen (secondary N) is 1. The number of para-hydroxylation sites is 1. The summed E-state index contributed by atoms with van der Waals surface area (Å²) in [6.45, 7) is 5.83. The van der Waals surface area contributed by atoms with Crippen LogP contribution < -0.4 is 19.5 Å². The summed E-state index contributed by atoms with van der Waals surface area (Å²) in [5.74, 6) is 0.353. The van der Waals surface area contributed by atoms with Crippen LogP contribution in [0.3, 0.4) is 0 Å². The van der Waals surface area contributed by atoms with Gasteiger partial charge in [0.1, 0.15) is 5.75 Å². The molecule has 0 radical (unpaired) electrons. The van der Waals surface area contributed by atoms with Crippen molar-refractivity contribution in [3.63, 3.8) is 0 Å². The molecule has 0 atom stereocenters. The molecule has 3 aromatic carbocycles. The number of ether oxygens (including phenoxy) is 3. The monoisotopic (exact) mass is 596 g/mol. The lowest BCUT2D eigenvalue weighted by Gasteiger charge is -2.16. The van der Waals surface area contributed by atoms with Crippen LogP contribution in [0.25, 0.3) is 16.6 Å². The highest BCUT2D eigenvalue weighted by atomic mass is 19.1. The molecule has 1 aliphatic rings. The summed E-state index contributed by atoms with van der Waals surface area (Å²) in [6, 6.07) is 17.1. The van der Waals surface area contributed by atoms with Crippen molar-refractivity contribution in [3.8, 4) is 28.7 Å². The summed E-state index contributed by atoms with van der Waals surface area (Å²) in [6.07, 6.45) is 6.57. The molecule has 0 aliphatic carbocycles. The Bertz CT molecular complexity index is 1790. The molecule has 0 saturated carbocycles. The Labute approximate surface area is 254 Å². The van der Waals surface area contributed by atoms with Crippen molar-refractivity contribution in [1.82, 2.24) is 24.9 Å². The van der Waals surface area contributed by atoms with Gasteiger partial charge in [-0.05, 0) is 75.2 Å². The molecule has 44 heavy (non-hydrogen) atoms. The predicted octanol–water partition coefficient (Wildman–Crippen LogP) is 6.18. The van der Waals surface area contributed by atoms with Gasteiger partial charge in [-0.15, -0.1) is 5.10 Å². The van der Waals surface area contributed by atoms with Crippen molar-refractivity contribution in [2.75, 3.05) is 38.7 Å². The lowest BCUT2D eigenvalue weighted by Crippen LogP contribution is -2.21. The van der Waals surface area contributed by atoms with E-state index in [1.54, 1.807) is 37.6 Å². The van der Waals surface area contributed by atoms with Crippen LogP contribution in [0.1, 0.15) is 35.3 Å². The zero-order valence-corrected chi connectivity index (χ0v) is 24.6. The molecule has 3 heterocycles. The van der Waals surface area contributed by atoms with Crippen LogP contribution in [-0.2, 0) is 0 Å². The lowest BCUT2D eigenvalue weighted by atomic mass is 10.1. The molecule has 0 spiro atoms. The number of benzene rings is 3. The molecular formula is C33H33FN6O4. The Morgan fingerprint density at radius 2 is 1.84 bits per heavy atom. The third-order valence-electron chi connectivity index (χ3n) is 7.56. The van der Waals surface area contributed by atoms with Crippen LogP contribution in [0.5, 0.6) is 23.0 Å². The lowest BCUT2D eigenvalue weighted by molar-refractivity contribution is 0.102. The molecule has 10 nitrogen and oxygen atoms in total. The highest BCUT2D eigenvalue weighted by Gasteiger charge is 2.17. The quantitative estimate of drug-likeness (QED) is 0.180. The standard InChI is InChI=1S/C33H33FN6O4/c1-22-8-3-4-9-28(22)40-21-27(37-38-40)33(41)36-23-10-11-30(25(34)18-23)44-29-12-13-35-26-20-32(31(42-2)19-24(26)29)43-17-7-16-39-14-5-6-15-39/h3-4,8-13,18-21H,5-7,14-17H2,1-2H3,(H,36,41). The second-order valence-corrected chi connectivity index (χ2v) is 10.6. The number of nitrogens with zero attached hydrogens (tertiary/aromatic N) is 5. The number of pyridine rings is 1. The van der Waals surface area contributed by atoms with Crippen molar-refractivity contribution in [3.05, 3.63) is 90.1 Å². The van der Waals surface area contributed by atoms with Crippen LogP contribution in [-0.4, -0.2) is 64.1 Å². The highest BCUT2D eigenvalue weighted by molar-refractivity contribution is 6.02. The van der Waals surface area contributed by atoms with E-state index in [0.29, 0.717) is 34.8 Å². The van der Waals surface area contributed by atoms with Crippen LogP contribution >= 0.6 is 0 Å². The zero-order valence-electron chi connectivity index (χ0n) is 24.6. The maximum atomic E-state index is 15.2. The van der Waals surface area contributed by atoms with Gasteiger partial charge in [0.15, 0.2) is 28.8 Å². The van der Waals surface area contributed by atoms with Gasteiger partial charge in [-0.2, -0.15) is 0 Å². The number of aryl methyl sites for hydroxylation is 1. The topological polar surface area (TPSA) is 104 Å². The Morgan fingerprint density at radius 1 is 1.00 bits per heavy atom. The number of methoxy groups -OCH3 is 1. The van der Waals surface area contributed by atoms with Crippen molar-refractivity contribution in [2.45, 2.75) is 26.2 Å². The fourth-order valence-electron chi connectivity index (χ4n) is 5.25. The van der Waals surface area contributed by atoms with Crippen molar-refractivity contribution in [1.29, 1.82) is 0 Å². The molecule has 1 N–H and O–H groups in total. The molecule has 1 amide bonds. The minimum Gasteiger partial charge on any atom is -0.493 e. The Hall–Kier alpha value is -5.03. The van der Waals surface area contributed by atoms with Gasteiger partial charge in [-0.25, -0.2) is 9.07 Å². The molecule has 6 rings (SSSR count). The van der Waals surface area contributed by atoms with Crippen molar-refractivity contribution in [2.24, 2.45) is 0 Å². The smallest absolute Gasteiger partial charge is 0.277 e. The first-order valence-electron chi connectivity index (χ1n) is 14.6. The van der Waals surface area contributed by atoms with E-state index in [2.05, 4.69) is 25.5 Å². The third kappa shape index (κ3) is 6.47. The molecule has 2 aromatic heterocycles. The largest absolute Gasteiger partial charge is 0.493 e. The van der Waals surface area contributed by atoms with E-state index in [1.165, 1.54) is 35.9 Å². The Balaban J connectivity index is 1.13. The molecule has 11 heteroatoms. The van der Waals surface area contributed by atoms with Gasteiger partial charge in [0.25, 0.3) is 5.91 Å². The van der Waals surface area contributed by atoms with Gasteiger partial charge in [0, 0.05) is 35.9 Å². The Kier molecular flexibility index (Phi) is 8.64. The zero-order chi connectivity index (χ0) is 30.5. The number of aromatic nitrogens is 4. The summed E-state index contributed by atoms with van der Waals surface area (Å²) in [7, 11) is 1.57. The molecule has 1 fully saturated rings. The summed E-state index contributed by atoms with van der Waals surface area (Å²) in [4.78, 5) is 19.7. The molecular weight excluding hydrogens is 563 g/mol. The number of anilines is 1. The average molecular weight is 597 g/mol. The van der Waals surface area contributed by atoms with E-state index in [9.17, 15) is 4.79 Å². The predicted molar refractivity (Wildman–Crippen MR) is 165 cm³/mol. The summed E-state index contributed by atoms with van der Waals surface area (Å²) in [5, 5.41) is 11.3. The first-order valence-corrected chi connectivity index (χ1v) is 14.6. The van der Waals surface area contributed by atoms with Gasteiger partial charge in [0.2, 0.25) is 0 Å². The number of amides is 1. The molecule has 1 aliphatic heterocycles. The highest BCUT2D eigenvalue weighted by Crippen LogP contribution is 2.38. The number of hydrogen-bond donors (Lipinski definition) is 1. The summed E-state index contributed by atoms with van der Waals surface area (Å²) < 4.78 is 34.3. The molecule has 1 saturated heterocycles. The number of fused-ring (bicyclic) bond motifs is 1. The van der Waals surface area contributed by atoms with Crippen LogP contribution in [0, 0.1) is 12.7 Å². The maximum absolute atomic E-state index is 15.2. The van der Waals surface area contributed by atoms with Gasteiger partial charge in [-0.1, -0.05) is 23.4 Å². The second-order valence-electron chi connectivity index (χ2n) is 10.6. The Morgan fingerprint density at radius 3 is 2.64 bits per heavy atom. The van der Waals surface area contributed by atoms with Crippen LogP contribution in [0.2, 0.25) is 0 Å². The van der Waals surface area contributed by atoms with E-state index in [1.807, 2.05) is 31.2 Å². The fourth-order valence-corrected chi connectivity index (χ4v) is 5.25. The SMILES string of the molecule is COc1cc2c(Oc3ccc(NC(=O)c4cn(-c5ccccc5C)nn4)cc3F)ccnc2cc1OCCCN1CCCC1. The molecule has 0 bridgehead atoms. The van der Waals surface area contributed by atoms with Gasteiger partial charge in [-0.3, -0.25) is 9.78 Å². The fraction of sp³-hybridized carbons (Fsp3) is 0.273. The van der Waals surface area contributed by atoms with Crippen LogP contribution in [0.4, 0.5) is 10.1 Å². The minimum atomic E-state index is -0.652.